The lowest BCUT2D eigenvalue weighted by Crippen LogP contribution is -2.72. The van der Waals surface area contributed by atoms with Crippen LogP contribution in [0.1, 0.15) is 81.1 Å². The molecular weight excluding hydrogens is 422 g/mol. The summed E-state index contributed by atoms with van der Waals surface area (Å²) in [4.78, 5) is 0. The van der Waals surface area contributed by atoms with Crippen LogP contribution < -0.4 is 0 Å². The zero-order valence-electron chi connectivity index (χ0n) is 19.6. The molecule has 8 rings (SSSR count). The van der Waals surface area contributed by atoms with Crippen LogP contribution in [-0.4, -0.2) is 56.8 Å². The molecule has 0 aromatic heterocycles. The maximum Gasteiger partial charge on any atom is 0.173 e. The maximum atomic E-state index is 6.63. The van der Waals surface area contributed by atoms with Gasteiger partial charge in [0.05, 0.1) is 21.4 Å². The van der Waals surface area contributed by atoms with Gasteiger partial charge in [0.15, 0.2) is 23.1 Å². The molecule has 8 fully saturated rings. The second-order valence-corrected chi connectivity index (χ2v) is 18.2. The number of hydrogen-bond acceptors (Lipinski definition) is 6. The van der Waals surface area contributed by atoms with Crippen molar-refractivity contribution in [1.29, 1.82) is 0 Å². The predicted octanol–water partition coefficient (Wildman–Crippen LogP) is 5.42. The molecule has 170 valence electrons. The van der Waals surface area contributed by atoms with E-state index in [1.807, 2.05) is 0 Å². The zero-order chi connectivity index (χ0) is 21.6. The highest BCUT2D eigenvalue weighted by Crippen LogP contribution is 2.80. The first-order valence-corrected chi connectivity index (χ1v) is 14.4. The van der Waals surface area contributed by atoms with E-state index >= 15 is 0 Å². The third-order valence-electron chi connectivity index (χ3n) is 8.03. The summed E-state index contributed by atoms with van der Waals surface area (Å²) in [5.41, 5.74) is 0. The molecule has 8 aliphatic heterocycles. The average Bonchev–Trinajstić information content (AvgIpc) is 2.40. The summed E-state index contributed by atoms with van der Waals surface area (Å²) in [7, 11) is -0.997. The molecule has 0 unspecified atom stereocenters. The summed E-state index contributed by atoms with van der Waals surface area (Å²) in [6.45, 7) is 17.5. The molecule has 0 amide bonds. The minimum atomic E-state index is -0.535. The molecule has 0 aromatic rings. The van der Waals surface area contributed by atoms with E-state index in [0.717, 1.165) is 38.0 Å². The van der Waals surface area contributed by atoms with E-state index in [1.165, 1.54) is 0 Å². The van der Waals surface area contributed by atoms with Crippen molar-refractivity contribution >= 4 is 15.8 Å². The van der Waals surface area contributed by atoms with Crippen LogP contribution in [0.15, 0.2) is 0 Å². The molecule has 0 aliphatic carbocycles. The normalized spacial score (nSPS) is 68.0. The van der Waals surface area contributed by atoms with E-state index < -0.39 is 39.0 Å². The van der Waals surface area contributed by atoms with Gasteiger partial charge in [0.1, 0.15) is 0 Å². The molecule has 0 saturated carbocycles. The maximum absolute atomic E-state index is 6.63. The third kappa shape index (κ3) is 2.72. The van der Waals surface area contributed by atoms with E-state index in [9.17, 15) is 0 Å². The van der Waals surface area contributed by atoms with E-state index in [4.69, 9.17) is 28.4 Å². The first kappa shape index (κ1) is 21.2. The number of ether oxygens (including phenoxy) is 6. The Morgan fingerprint density at radius 3 is 0.900 bits per heavy atom. The van der Waals surface area contributed by atoms with Crippen LogP contribution in [0.3, 0.4) is 0 Å². The molecule has 8 aliphatic rings. The lowest BCUT2D eigenvalue weighted by Gasteiger charge is -2.71. The highest BCUT2D eigenvalue weighted by atomic mass is 31.1. The molecule has 0 radical (unpaired) electrons. The van der Waals surface area contributed by atoms with Crippen molar-refractivity contribution < 1.29 is 28.4 Å². The van der Waals surface area contributed by atoms with E-state index in [0.29, 0.717) is 0 Å². The van der Waals surface area contributed by atoms with E-state index in [2.05, 4.69) is 55.4 Å². The van der Waals surface area contributed by atoms with Gasteiger partial charge in [-0.3, -0.25) is 0 Å². The van der Waals surface area contributed by atoms with Gasteiger partial charge in [-0.1, -0.05) is 0 Å². The lowest BCUT2D eigenvalue weighted by atomic mass is 9.98. The largest absolute Gasteiger partial charge is 0.339 e. The Kier molecular flexibility index (Phi) is 3.86. The van der Waals surface area contributed by atoms with Crippen LogP contribution in [0.4, 0.5) is 0 Å². The molecule has 6 nitrogen and oxygen atoms in total. The molecule has 8 heterocycles. The monoisotopic (exact) mass is 458 g/mol. The van der Waals surface area contributed by atoms with Crippen LogP contribution in [0.25, 0.3) is 0 Å². The summed E-state index contributed by atoms with van der Waals surface area (Å²) < 4.78 is 39.0. The van der Waals surface area contributed by atoms with Crippen molar-refractivity contribution in [2.24, 2.45) is 0 Å². The number of hydrogen-bond donors (Lipinski definition) is 0. The van der Waals surface area contributed by atoms with Crippen LogP contribution >= 0.6 is 15.8 Å². The van der Waals surface area contributed by atoms with Crippen molar-refractivity contribution in [2.45, 2.75) is 126 Å². The molecule has 0 spiro atoms. The van der Waals surface area contributed by atoms with E-state index in [-0.39, 0.29) is 21.4 Å². The molecule has 0 N–H and O–H groups in total. The molecule has 8 atom stereocenters. The minimum Gasteiger partial charge on any atom is -0.339 e. The Balaban J connectivity index is 1.28. The molecule has 30 heavy (non-hydrogen) atoms. The molecule has 8 saturated heterocycles. The second-order valence-electron chi connectivity index (χ2n) is 11.9. The molecular formula is C22H36O6P2. The Bertz CT molecular complexity index is 663. The Morgan fingerprint density at radius 1 is 0.433 bits per heavy atom. The number of rotatable bonds is 3. The Morgan fingerprint density at radius 2 is 0.667 bits per heavy atom. The van der Waals surface area contributed by atoms with Crippen LogP contribution in [0.5, 0.6) is 0 Å². The van der Waals surface area contributed by atoms with Crippen molar-refractivity contribution in [3.63, 3.8) is 0 Å². The van der Waals surface area contributed by atoms with Gasteiger partial charge in [-0.05, 0) is 83.6 Å². The topological polar surface area (TPSA) is 55.4 Å². The van der Waals surface area contributed by atoms with Gasteiger partial charge < -0.3 is 28.4 Å². The first-order chi connectivity index (χ1) is 13.5. The zero-order valence-corrected chi connectivity index (χ0v) is 21.4. The summed E-state index contributed by atoms with van der Waals surface area (Å²) >= 11 is 0. The van der Waals surface area contributed by atoms with Crippen LogP contribution in [-0.2, 0) is 28.4 Å². The molecule has 8 heteroatoms. The third-order valence-corrected chi connectivity index (χ3v) is 15.3. The van der Waals surface area contributed by atoms with Gasteiger partial charge in [0.2, 0.25) is 0 Å². The van der Waals surface area contributed by atoms with E-state index in [1.54, 1.807) is 0 Å². The molecule has 8 bridgehead atoms. The standard InChI is InChI=1S/C22H36O6P2/c1-15-11-19(5)26-16(2,23-15)12-20(6,25-15)29(19)9-10-30-21(7)13-17(3)24-18(4,28-21)14-22(30,8)27-17/h9-14H2,1-8H3/t15-,16-,17-,18-,19+,20+,21+,22+/m1/s1. The van der Waals surface area contributed by atoms with Crippen LogP contribution in [0, 0.1) is 0 Å². The van der Waals surface area contributed by atoms with Gasteiger partial charge in [0, 0.05) is 25.7 Å². The smallest absolute Gasteiger partial charge is 0.173 e. The highest BCUT2D eigenvalue weighted by Gasteiger charge is 2.73. The lowest BCUT2D eigenvalue weighted by molar-refractivity contribution is -0.469. The Labute approximate surface area is 182 Å². The van der Waals surface area contributed by atoms with Crippen molar-refractivity contribution in [3.05, 3.63) is 0 Å². The van der Waals surface area contributed by atoms with Gasteiger partial charge in [-0.15, -0.1) is 0 Å². The van der Waals surface area contributed by atoms with Gasteiger partial charge in [-0.25, -0.2) is 0 Å². The van der Waals surface area contributed by atoms with Crippen molar-refractivity contribution in [3.8, 4) is 0 Å². The predicted molar refractivity (Wildman–Crippen MR) is 116 cm³/mol. The SMILES string of the molecule is C[C@]12C[C@@]3(C)O[C@](C)(C[C@@](C)(O1)P3CCP1[C@@]3(C)C[C@]4(C)O[C@@](C)(C[C@@]1(C)O4)O3)O2. The fourth-order valence-electron chi connectivity index (χ4n) is 8.42. The molecule has 0 aromatic carbocycles. The van der Waals surface area contributed by atoms with Crippen molar-refractivity contribution in [1.82, 2.24) is 0 Å². The quantitative estimate of drug-likeness (QED) is 0.527. The highest BCUT2D eigenvalue weighted by molar-refractivity contribution is 7.64. The van der Waals surface area contributed by atoms with Gasteiger partial charge >= 0.3 is 0 Å². The van der Waals surface area contributed by atoms with Crippen LogP contribution in [0.2, 0.25) is 0 Å². The fraction of sp³-hybridized carbons (Fsp3) is 1.00. The second kappa shape index (κ2) is 5.47. The average molecular weight is 458 g/mol. The summed E-state index contributed by atoms with van der Waals surface area (Å²) in [5.74, 6) is -2.14. The summed E-state index contributed by atoms with van der Waals surface area (Å²) in [6.07, 6.45) is 5.46. The fourth-order valence-corrected chi connectivity index (χ4v) is 17.0. The first-order valence-electron chi connectivity index (χ1n) is 11.3. The van der Waals surface area contributed by atoms with Crippen molar-refractivity contribution in [2.75, 3.05) is 12.3 Å². The van der Waals surface area contributed by atoms with Gasteiger partial charge in [0.25, 0.3) is 0 Å². The van der Waals surface area contributed by atoms with Gasteiger partial charge in [-0.2, -0.15) is 0 Å². The summed E-state index contributed by atoms with van der Waals surface area (Å²) in [5, 5.41) is -0.685. The minimum absolute atomic E-state index is 0.171. The Hall–Kier alpha value is 0.620. The summed E-state index contributed by atoms with van der Waals surface area (Å²) in [6, 6.07) is 0.